The first-order valence-corrected chi connectivity index (χ1v) is 10.8. The molecule has 30 heavy (non-hydrogen) atoms. The Bertz CT molecular complexity index is 973. The number of nitriles is 1. The molecule has 6 atom stereocenters. The third kappa shape index (κ3) is 6.91. The van der Waals surface area contributed by atoms with Crippen molar-refractivity contribution in [1.29, 1.82) is 5.26 Å². The second-order valence-corrected chi connectivity index (χ2v) is 8.66. The van der Waals surface area contributed by atoms with Gasteiger partial charge >= 0.3 is 21.3 Å². The summed E-state index contributed by atoms with van der Waals surface area (Å²) >= 11 is 0. The molecule has 0 amide bonds. The lowest BCUT2D eigenvalue weighted by molar-refractivity contribution is -0.0543. The molecule has 0 bridgehead atoms. The molecule has 18 heteroatoms. The second kappa shape index (κ2) is 10.5. The number of aliphatic hydroxyl groups excluding tert-OH is 2. The summed E-state index contributed by atoms with van der Waals surface area (Å²) in [6, 6.07) is 2.58. The van der Waals surface area contributed by atoms with Gasteiger partial charge in [0.1, 0.15) is 18.3 Å². The molecular formula is C12H20N4O12P2. The van der Waals surface area contributed by atoms with E-state index < -0.39 is 64.6 Å². The van der Waals surface area contributed by atoms with Crippen molar-refractivity contribution in [3.8, 4) is 6.07 Å². The first kappa shape index (κ1) is 26.3. The van der Waals surface area contributed by atoms with Crippen molar-refractivity contribution in [1.82, 2.24) is 15.7 Å². The molecule has 2 heterocycles. The Morgan fingerprint density at radius 1 is 1.20 bits per heavy atom. The van der Waals surface area contributed by atoms with Crippen molar-refractivity contribution in [2.45, 2.75) is 31.0 Å². The molecule has 2 unspecified atom stereocenters. The number of nitrogens with zero attached hydrogens (tertiary/aromatic N) is 2. The summed E-state index contributed by atoms with van der Waals surface area (Å²) in [6.07, 6.45) is -5.55. The van der Waals surface area contributed by atoms with Crippen LogP contribution in [-0.4, -0.2) is 61.1 Å². The van der Waals surface area contributed by atoms with E-state index in [0.29, 0.717) is 0 Å². The van der Waals surface area contributed by atoms with Crippen molar-refractivity contribution >= 4 is 15.6 Å². The molecule has 0 spiro atoms. The fourth-order valence-corrected chi connectivity index (χ4v) is 4.35. The van der Waals surface area contributed by atoms with E-state index in [9.17, 15) is 38.7 Å². The number of rotatable bonds is 9. The Hall–Kier alpha value is -1.73. The van der Waals surface area contributed by atoms with Gasteiger partial charge in [0.15, 0.2) is 6.23 Å². The highest BCUT2D eigenvalue weighted by Crippen LogP contribution is 2.60. The van der Waals surface area contributed by atoms with Crippen LogP contribution in [0.3, 0.4) is 0 Å². The summed E-state index contributed by atoms with van der Waals surface area (Å²) in [4.78, 5) is 43.6. The maximum Gasteiger partial charge on any atom is 0.481 e. The van der Waals surface area contributed by atoms with Gasteiger partial charge in [-0.15, -0.1) is 0 Å². The lowest BCUT2D eigenvalue weighted by atomic mass is 10.1. The molecule has 1 aromatic heterocycles. The average molecular weight is 474 g/mol. The normalized spacial score (nSPS) is 27.4. The molecule has 1 saturated heterocycles. The van der Waals surface area contributed by atoms with Crippen LogP contribution >= 0.6 is 15.6 Å². The van der Waals surface area contributed by atoms with Gasteiger partial charge in [0.25, 0.3) is 5.56 Å². The van der Waals surface area contributed by atoms with Gasteiger partial charge in [-0.3, -0.25) is 23.4 Å². The van der Waals surface area contributed by atoms with E-state index in [4.69, 9.17) is 10.00 Å². The van der Waals surface area contributed by atoms with Crippen LogP contribution in [0.4, 0.5) is 0 Å². The Kier molecular flexibility index (Phi) is 9.24. The number of aliphatic hydroxyl groups is 2. The number of nitrogens with one attached hydrogen (secondary N) is 1. The number of aromatic nitrogens is 2. The molecule has 0 radical (unpaired) electrons. The number of phosphoric acid groups is 2. The first-order chi connectivity index (χ1) is 13.5. The van der Waals surface area contributed by atoms with Crippen molar-refractivity contribution in [3.05, 3.63) is 33.1 Å². The Labute approximate surface area is 168 Å². The van der Waals surface area contributed by atoms with E-state index in [1.54, 1.807) is 6.07 Å². The number of phosphoric ester groups is 2. The monoisotopic (exact) mass is 474 g/mol. The highest BCUT2D eigenvalue weighted by atomic mass is 31.3. The zero-order valence-electron chi connectivity index (χ0n) is 15.1. The van der Waals surface area contributed by atoms with Crippen molar-refractivity contribution < 1.29 is 47.2 Å². The van der Waals surface area contributed by atoms with E-state index in [-0.39, 0.29) is 12.6 Å². The van der Waals surface area contributed by atoms with E-state index in [0.717, 1.165) is 16.8 Å². The highest BCUT2D eigenvalue weighted by molar-refractivity contribution is 7.61. The lowest BCUT2D eigenvalue weighted by Crippen LogP contribution is -2.37. The molecule has 0 aromatic carbocycles. The lowest BCUT2D eigenvalue weighted by Gasteiger charge is -2.19. The first-order valence-electron chi connectivity index (χ1n) is 7.82. The van der Waals surface area contributed by atoms with Gasteiger partial charge in [-0.2, -0.15) is 9.57 Å². The summed E-state index contributed by atoms with van der Waals surface area (Å²) in [7, 11) is -10.2. The van der Waals surface area contributed by atoms with E-state index in [1.165, 1.54) is 0 Å². The molecule has 1 aromatic rings. The predicted molar refractivity (Wildman–Crippen MR) is 95.1 cm³/mol. The largest absolute Gasteiger partial charge is 0.481 e. The van der Waals surface area contributed by atoms with E-state index in [2.05, 4.69) is 13.4 Å². The smallest absolute Gasteiger partial charge is 0.387 e. The van der Waals surface area contributed by atoms with Crippen LogP contribution in [-0.2, 0) is 27.2 Å². The minimum absolute atomic E-state index is 0. The molecule has 1 aliphatic rings. The van der Waals surface area contributed by atoms with Gasteiger partial charge < -0.3 is 30.9 Å². The molecular weight excluding hydrogens is 454 g/mol. The van der Waals surface area contributed by atoms with Gasteiger partial charge in [0.2, 0.25) is 0 Å². The van der Waals surface area contributed by atoms with Crippen LogP contribution in [0.2, 0.25) is 0 Å². The third-order valence-electron chi connectivity index (χ3n) is 3.54. The fourth-order valence-electron chi connectivity index (χ4n) is 2.28. The summed E-state index contributed by atoms with van der Waals surface area (Å²) in [5, 5.41) is 28.3. The Morgan fingerprint density at radius 2 is 1.83 bits per heavy atom. The van der Waals surface area contributed by atoms with Crippen LogP contribution in [0.5, 0.6) is 0 Å². The minimum atomic E-state index is -5.18. The highest BCUT2D eigenvalue weighted by Gasteiger charge is 2.46. The standard InChI is InChI=1S/C12H17N3O12P2.H3N/c13-3-1-5-24-28(20,21)27-29(22,23)25-6-7-9(17)10(18)11(26-7)15-4-2-8(16)14-12(15)19;/h2,4,7,9-11,17-18H,1,5-6H2,(H,20,21)(H,22,23)(H,14,16,19);1H3/t7-,9-,10-,11-;/m1./s1. The van der Waals surface area contributed by atoms with E-state index >= 15 is 0 Å². The summed E-state index contributed by atoms with van der Waals surface area (Å²) in [6.45, 7) is -1.44. The van der Waals surface area contributed by atoms with E-state index in [1.807, 2.05) is 4.98 Å². The van der Waals surface area contributed by atoms with Gasteiger partial charge in [0, 0.05) is 12.3 Å². The number of aromatic amines is 1. The number of H-pyrrole nitrogens is 1. The fraction of sp³-hybridized carbons (Fsp3) is 0.583. The predicted octanol–water partition coefficient (Wildman–Crippen LogP) is -1.52. The Morgan fingerprint density at radius 3 is 2.43 bits per heavy atom. The molecule has 1 fully saturated rings. The summed E-state index contributed by atoms with van der Waals surface area (Å²) in [5.41, 5.74) is -1.65. The molecule has 16 nitrogen and oxygen atoms in total. The van der Waals surface area contributed by atoms with Crippen LogP contribution in [0.15, 0.2) is 21.9 Å². The number of hydrogen-bond acceptors (Lipinski definition) is 12. The minimum Gasteiger partial charge on any atom is -0.387 e. The van der Waals surface area contributed by atoms with Crippen LogP contribution < -0.4 is 17.4 Å². The van der Waals surface area contributed by atoms with Crippen molar-refractivity contribution in [3.63, 3.8) is 0 Å². The summed E-state index contributed by atoms with van der Waals surface area (Å²) < 4.78 is 42.1. The van der Waals surface area contributed by atoms with Crippen LogP contribution in [0.25, 0.3) is 0 Å². The number of ether oxygens (including phenoxy) is 1. The van der Waals surface area contributed by atoms with Gasteiger partial charge in [-0.05, 0) is 0 Å². The Balaban J connectivity index is 0.00000450. The molecule has 8 N–H and O–H groups in total. The average Bonchev–Trinajstić information content (AvgIpc) is 2.87. The topological polar surface area (TPSA) is 266 Å². The van der Waals surface area contributed by atoms with Crippen LogP contribution in [0.1, 0.15) is 12.6 Å². The van der Waals surface area contributed by atoms with Gasteiger partial charge in [-0.25, -0.2) is 13.9 Å². The van der Waals surface area contributed by atoms with Crippen molar-refractivity contribution in [2.24, 2.45) is 0 Å². The maximum absolute atomic E-state index is 11.8. The molecule has 0 aliphatic carbocycles. The van der Waals surface area contributed by atoms with Crippen LogP contribution in [0, 0.1) is 11.3 Å². The molecule has 2 rings (SSSR count). The zero-order chi connectivity index (χ0) is 21.8. The SMILES string of the molecule is N.N#CCCOP(=O)(O)OP(=O)(O)OC[C@H]1O[C@@H](n2ccc(=O)[nH]c2=O)[C@H](O)[C@@H]1O. The molecule has 1 aliphatic heterocycles. The third-order valence-corrected chi connectivity index (χ3v) is 6.17. The number of hydrogen-bond donors (Lipinski definition) is 6. The second-order valence-electron chi connectivity index (χ2n) is 5.62. The quantitative estimate of drug-likeness (QED) is 0.175. The van der Waals surface area contributed by atoms with Gasteiger partial charge in [-0.1, -0.05) is 0 Å². The molecule has 170 valence electrons. The zero-order valence-corrected chi connectivity index (χ0v) is 16.9. The van der Waals surface area contributed by atoms with Crippen molar-refractivity contribution in [2.75, 3.05) is 13.2 Å². The summed E-state index contributed by atoms with van der Waals surface area (Å²) in [5.74, 6) is 0. The maximum atomic E-state index is 11.8. The molecule has 0 saturated carbocycles. The van der Waals surface area contributed by atoms with Gasteiger partial charge in [0.05, 0.1) is 25.7 Å².